The van der Waals surface area contributed by atoms with E-state index in [-0.39, 0.29) is 11.2 Å². The molecule has 0 unspecified atom stereocenters. The molecule has 16 heavy (non-hydrogen) atoms. The van der Waals surface area contributed by atoms with Gasteiger partial charge < -0.3 is 4.74 Å². The van der Waals surface area contributed by atoms with Crippen molar-refractivity contribution >= 4 is 5.97 Å². The summed E-state index contributed by atoms with van der Waals surface area (Å²) in [5, 5.41) is 4.31. The first-order valence-electron chi connectivity index (χ1n) is 5.52. The van der Waals surface area contributed by atoms with E-state index in [2.05, 4.69) is 10.1 Å². The summed E-state index contributed by atoms with van der Waals surface area (Å²) in [6, 6.07) is 0. The van der Waals surface area contributed by atoms with Gasteiger partial charge in [-0.25, -0.2) is 14.5 Å². The molecular weight excluding hydrogens is 206 g/mol. The molecule has 0 N–H and O–H groups in total. The van der Waals surface area contributed by atoms with Gasteiger partial charge in [0.2, 0.25) is 5.82 Å². The van der Waals surface area contributed by atoms with Gasteiger partial charge in [-0.05, 0) is 13.8 Å². The SMILES string of the molecule is CCOC(=O)c1nc(C(C)(C)C)nn1CC. The average molecular weight is 225 g/mol. The molecule has 0 bridgehead atoms. The number of aryl methyl sites for hydroxylation is 1. The molecule has 1 rings (SSSR count). The van der Waals surface area contributed by atoms with E-state index in [0.29, 0.717) is 19.0 Å². The Labute approximate surface area is 95.8 Å². The van der Waals surface area contributed by atoms with Gasteiger partial charge >= 0.3 is 5.97 Å². The highest BCUT2D eigenvalue weighted by Gasteiger charge is 2.24. The minimum absolute atomic E-state index is 0.165. The Morgan fingerprint density at radius 3 is 2.44 bits per heavy atom. The summed E-state index contributed by atoms with van der Waals surface area (Å²) in [5.74, 6) is 0.541. The summed E-state index contributed by atoms with van der Waals surface area (Å²) in [5.41, 5.74) is -0.165. The summed E-state index contributed by atoms with van der Waals surface area (Å²) in [6.45, 7) is 10.7. The normalized spacial score (nSPS) is 11.6. The smallest absolute Gasteiger partial charge is 0.376 e. The van der Waals surface area contributed by atoms with E-state index in [4.69, 9.17) is 4.74 Å². The first-order chi connectivity index (χ1) is 7.40. The zero-order valence-electron chi connectivity index (χ0n) is 10.6. The number of nitrogens with zero attached hydrogens (tertiary/aromatic N) is 3. The predicted octanol–water partition coefficient (Wildman–Crippen LogP) is 1.77. The van der Waals surface area contributed by atoms with Gasteiger partial charge in [0.25, 0.3) is 0 Å². The van der Waals surface area contributed by atoms with Crippen molar-refractivity contribution in [3.63, 3.8) is 0 Å². The van der Waals surface area contributed by atoms with Crippen LogP contribution in [0.1, 0.15) is 51.1 Å². The number of carbonyl (C=O) groups excluding carboxylic acids is 1. The van der Waals surface area contributed by atoms with Crippen molar-refractivity contribution in [3.05, 3.63) is 11.6 Å². The van der Waals surface area contributed by atoms with Crippen LogP contribution >= 0.6 is 0 Å². The second-order valence-corrected chi connectivity index (χ2v) is 4.55. The van der Waals surface area contributed by atoms with E-state index in [0.717, 1.165) is 0 Å². The van der Waals surface area contributed by atoms with Gasteiger partial charge in [0.15, 0.2) is 5.82 Å². The molecule has 5 heteroatoms. The van der Waals surface area contributed by atoms with Crippen LogP contribution in [0.5, 0.6) is 0 Å². The number of hydrogen-bond acceptors (Lipinski definition) is 4. The summed E-state index contributed by atoms with van der Waals surface area (Å²) >= 11 is 0. The van der Waals surface area contributed by atoms with Gasteiger partial charge in [0, 0.05) is 12.0 Å². The molecule has 0 radical (unpaired) electrons. The van der Waals surface area contributed by atoms with E-state index < -0.39 is 5.97 Å². The number of ether oxygens (including phenoxy) is 1. The van der Waals surface area contributed by atoms with Crippen molar-refractivity contribution in [2.75, 3.05) is 6.61 Å². The van der Waals surface area contributed by atoms with E-state index in [9.17, 15) is 4.79 Å². The third-order valence-corrected chi connectivity index (χ3v) is 2.10. The zero-order chi connectivity index (χ0) is 12.3. The van der Waals surface area contributed by atoms with E-state index >= 15 is 0 Å². The third kappa shape index (κ3) is 2.59. The van der Waals surface area contributed by atoms with Gasteiger partial charge in [0.05, 0.1) is 6.61 Å². The molecule has 0 amide bonds. The van der Waals surface area contributed by atoms with Gasteiger partial charge in [-0.3, -0.25) is 0 Å². The van der Waals surface area contributed by atoms with Crippen LogP contribution in [-0.2, 0) is 16.7 Å². The fourth-order valence-corrected chi connectivity index (χ4v) is 1.23. The lowest BCUT2D eigenvalue weighted by atomic mass is 9.96. The monoisotopic (exact) mass is 225 g/mol. The fraction of sp³-hybridized carbons (Fsp3) is 0.727. The molecule has 0 spiro atoms. The molecule has 0 saturated heterocycles. The van der Waals surface area contributed by atoms with Crippen LogP contribution in [-0.4, -0.2) is 27.3 Å². The van der Waals surface area contributed by atoms with Crippen LogP contribution in [0.2, 0.25) is 0 Å². The summed E-state index contributed by atoms with van der Waals surface area (Å²) < 4.78 is 6.52. The van der Waals surface area contributed by atoms with Crippen molar-refractivity contribution in [2.24, 2.45) is 0 Å². The molecule has 0 aromatic carbocycles. The fourth-order valence-electron chi connectivity index (χ4n) is 1.23. The molecule has 0 aliphatic carbocycles. The summed E-state index contributed by atoms with van der Waals surface area (Å²) in [6.07, 6.45) is 0. The van der Waals surface area contributed by atoms with Crippen molar-refractivity contribution in [1.29, 1.82) is 0 Å². The Bertz CT molecular complexity index is 377. The molecule has 0 atom stereocenters. The molecular formula is C11H19N3O2. The molecule has 1 aromatic heterocycles. The van der Waals surface area contributed by atoms with E-state index in [1.165, 1.54) is 0 Å². The molecule has 0 saturated carbocycles. The highest BCUT2D eigenvalue weighted by molar-refractivity contribution is 5.85. The quantitative estimate of drug-likeness (QED) is 0.736. The molecule has 0 fully saturated rings. The average Bonchev–Trinajstić information content (AvgIpc) is 2.61. The predicted molar refractivity (Wildman–Crippen MR) is 60.4 cm³/mol. The van der Waals surface area contributed by atoms with Crippen LogP contribution in [0.3, 0.4) is 0 Å². The summed E-state index contributed by atoms with van der Waals surface area (Å²) in [4.78, 5) is 15.9. The number of carbonyl (C=O) groups is 1. The van der Waals surface area contributed by atoms with Gasteiger partial charge in [0.1, 0.15) is 0 Å². The standard InChI is InChI=1S/C11H19N3O2/c1-6-14-8(9(15)16-7-2)12-10(13-14)11(3,4)5/h6-7H2,1-5H3. The second-order valence-electron chi connectivity index (χ2n) is 4.55. The maximum absolute atomic E-state index is 11.6. The van der Waals surface area contributed by atoms with E-state index in [1.807, 2.05) is 27.7 Å². The largest absolute Gasteiger partial charge is 0.460 e. The first kappa shape index (κ1) is 12.7. The molecule has 5 nitrogen and oxygen atoms in total. The van der Waals surface area contributed by atoms with Crippen LogP contribution in [0, 0.1) is 0 Å². The van der Waals surface area contributed by atoms with Gasteiger partial charge in [-0.15, -0.1) is 0 Å². The lowest BCUT2D eigenvalue weighted by Crippen LogP contribution is -2.14. The van der Waals surface area contributed by atoms with Crippen molar-refractivity contribution < 1.29 is 9.53 Å². The van der Waals surface area contributed by atoms with Crippen molar-refractivity contribution in [3.8, 4) is 0 Å². The maximum atomic E-state index is 11.6. The minimum atomic E-state index is -0.410. The summed E-state index contributed by atoms with van der Waals surface area (Å²) in [7, 11) is 0. The first-order valence-corrected chi connectivity index (χ1v) is 5.52. The zero-order valence-corrected chi connectivity index (χ0v) is 10.6. The molecule has 1 heterocycles. The molecule has 1 aromatic rings. The van der Waals surface area contributed by atoms with Crippen LogP contribution < -0.4 is 0 Å². The topological polar surface area (TPSA) is 57.0 Å². The second kappa shape index (κ2) is 4.63. The highest BCUT2D eigenvalue weighted by atomic mass is 16.5. The Kier molecular flexibility index (Phi) is 3.67. The Hall–Kier alpha value is -1.39. The molecule has 90 valence electrons. The number of rotatable bonds is 3. The number of esters is 1. The number of aromatic nitrogens is 3. The highest BCUT2D eigenvalue weighted by Crippen LogP contribution is 2.18. The number of hydrogen-bond donors (Lipinski definition) is 0. The molecule has 0 aliphatic rings. The maximum Gasteiger partial charge on any atom is 0.376 e. The lowest BCUT2D eigenvalue weighted by molar-refractivity contribution is 0.0505. The van der Waals surface area contributed by atoms with Crippen LogP contribution in [0.4, 0.5) is 0 Å². The van der Waals surface area contributed by atoms with Crippen LogP contribution in [0.15, 0.2) is 0 Å². The van der Waals surface area contributed by atoms with Crippen molar-refractivity contribution in [1.82, 2.24) is 14.8 Å². The molecule has 0 aliphatic heterocycles. The van der Waals surface area contributed by atoms with Gasteiger partial charge in [-0.1, -0.05) is 20.8 Å². The Morgan fingerprint density at radius 2 is 2.00 bits per heavy atom. The third-order valence-electron chi connectivity index (χ3n) is 2.10. The van der Waals surface area contributed by atoms with Gasteiger partial charge in [-0.2, -0.15) is 5.10 Å². The van der Waals surface area contributed by atoms with E-state index in [1.54, 1.807) is 11.6 Å². The Morgan fingerprint density at radius 1 is 1.38 bits per heavy atom. The Balaban J connectivity index is 3.09. The van der Waals surface area contributed by atoms with Crippen molar-refractivity contribution in [2.45, 2.75) is 46.6 Å². The van der Waals surface area contributed by atoms with Crippen LogP contribution in [0.25, 0.3) is 0 Å². The lowest BCUT2D eigenvalue weighted by Gasteiger charge is -2.12. The minimum Gasteiger partial charge on any atom is -0.460 e.